The summed E-state index contributed by atoms with van der Waals surface area (Å²) in [6.07, 6.45) is 2.11. The predicted octanol–water partition coefficient (Wildman–Crippen LogP) is 3.25. The molecule has 3 rings (SSSR count). The van der Waals surface area contributed by atoms with Crippen LogP contribution in [0.1, 0.15) is 41.4 Å². The van der Waals surface area contributed by atoms with Crippen molar-refractivity contribution in [3.63, 3.8) is 0 Å². The Labute approximate surface area is 131 Å². The second kappa shape index (κ2) is 5.76. The molecule has 1 amide bonds. The van der Waals surface area contributed by atoms with E-state index in [2.05, 4.69) is 19.9 Å². The minimum atomic E-state index is -0.0168. The van der Waals surface area contributed by atoms with Crippen molar-refractivity contribution in [1.82, 2.24) is 4.90 Å². The Hall–Kier alpha value is -1.81. The third kappa shape index (κ3) is 2.75. The van der Waals surface area contributed by atoms with Crippen LogP contribution < -0.4 is 5.73 Å². The van der Waals surface area contributed by atoms with Gasteiger partial charge in [-0.1, -0.05) is 0 Å². The number of hydrogen-bond acceptors (Lipinski definition) is 3. The molecule has 4 nitrogen and oxygen atoms in total. The molecule has 1 aliphatic rings. The number of nitrogens with two attached hydrogens (primary N) is 1. The summed E-state index contributed by atoms with van der Waals surface area (Å²) in [5, 5.41) is 0.993. The zero-order valence-corrected chi connectivity index (χ0v) is 13.6. The third-order valence-electron chi connectivity index (χ3n) is 4.83. The van der Waals surface area contributed by atoms with Crippen molar-refractivity contribution in [2.45, 2.75) is 39.7 Å². The second-order valence-electron chi connectivity index (χ2n) is 6.60. The minimum Gasteiger partial charge on any atom is -0.451 e. The number of likely N-dealkylation sites (tertiary alicyclic amines) is 1. The monoisotopic (exact) mass is 300 g/mol. The van der Waals surface area contributed by atoms with E-state index in [1.807, 2.05) is 24.0 Å². The van der Waals surface area contributed by atoms with Gasteiger partial charge in [0.05, 0.1) is 0 Å². The Morgan fingerprint density at radius 3 is 2.77 bits per heavy atom. The fourth-order valence-corrected chi connectivity index (χ4v) is 3.19. The topological polar surface area (TPSA) is 59.5 Å². The van der Waals surface area contributed by atoms with Gasteiger partial charge < -0.3 is 15.1 Å². The van der Waals surface area contributed by atoms with Crippen LogP contribution in [0.5, 0.6) is 0 Å². The highest BCUT2D eigenvalue weighted by molar-refractivity contribution is 5.96. The van der Waals surface area contributed by atoms with E-state index in [9.17, 15) is 4.79 Å². The molecule has 0 saturated carbocycles. The van der Waals surface area contributed by atoms with Crippen molar-refractivity contribution in [2.24, 2.45) is 11.7 Å². The highest BCUT2D eigenvalue weighted by atomic mass is 16.3. The molecule has 0 radical (unpaired) electrons. The molecule has 1 fully saturated rings. The maximum absolute atomic E-state index is 12.7. The number of nitrogens with zero attached hydrogens (tertiary/aromatic N) is 1. The average Bonchev–Trinajstić information content (AvgIpc) is 2.89. The van der Waals surface area contributed by atoms with E-state index in [0.29, 0.717) is 11.7 Å². The first kappa shape index (κ1) is 15.1. The summed E-state index contributed by atoms with van der Waals surface area (Å²) in [5.74, 6) is 0.800. The van der Waals surface area contributed by atoms with Gasteiger partial charge in [0.25, 0.3) is 5.91 Å². The lowest BCUT2D eigenvalue weighted by molar-refractivity contribution is 0.0631. The van der Waals surface area contributed by atoms with Gasteiger partial charge in [-0.2, -0.15) is 0 Å². The summed E-state index contributed by atoms with van der Waals surface area (Å²) < 4.78 is 5.79. The van der Waals surface area contributed by atoms with E-state index in [1.54, 1.807) is 0 Å². The largest absolute Gasteiger partial charge is 0.451 e. The summed E-state index contributed by atoms with van der Waals surface area (Å²) >= 11 is 0. The number of amides is 1. The molecule has 1 saturated heterocycles. The number of benzene rings is 1. The summed E-state index contributed by atoms with van der Waals surface area (Å²) in [5.41, 5.74) is 9.17. The zero-order chi connectivity index (χ0) is 15.9. The number of carbonyl (C=O) groups excluding carboxylic acids is 1. The Morgan fingerprint density at radius 2 is 2.05 bits per heavy atom. The predicted molar refractivity (Wildman–Crippen MR) is 88.0 cm³/mol. The van der Waals surface area contributed by atoms with Crippen LogP contribution in [0.25, 0.3) is 11.0 Å². The molecule has 118 valence electrons. The highest BCUT2D eigenvalue weighted by Gasteiger charge is 2.28. The number of furan rings is 1. The van der Waals surface area contributed by atoms with Crippen molar-refractivity contribution in [2.75, 3.05) is 13.1 Å². The first-order chi connectivity index (χ1) is 10.5. The highest BCUT2D eigenvalue weighted by Crippen LogP contribution is 2.26. The van der Waals surface area contributed by atoms with E-state index in [-0.39, 0.29) is 11.9 Å². The van der Waals surface area contributed by atoms with Crippen LogP contribution >= 0.6 is 0 Å². The van der Waals surface area contributed by atoms with Gasteiger partial charge in [0.1, 0.15) is 5.58 Å². The van der Waals surface area contributed by atoms with Gasteiger partial charge in [0.2, 0.25) is 0 Å². The number of fused-ring (bicyclic) bond motifs is 1. The van der Waals surface area contributed by atoms with Crippen LogP contribution in [-0.2, 0) is 0 Å². The molecular weight excluding hydrogens is 276 g/mol. The zero-order valence-electron chi connectivity index (χ0n) is 13.6. The molecule has 0 aliphatic carbocycles. The molecule has 0 bridgehead atoms. The van der Waals surface area contributed by atoms with E-state index in [4.69, 9.17) is 10.2 Å². The summed E-state index contributed by atoms with van der Waals surface area (Å²) in [4.78, 5) is 14.6. The lowest BCUT2D eigenvalue weighted by Crippen LogP contribution is -2.44. The molecule has 22 heavy (non-hydrogen) atoms. The summed E-state index contributed by atoms with van der Waals surface area (Å²) in [7, 11) is 0. The smallest absolute Gasteiger partial charge is 0.289 e. The molecule has 4 heteroatoms. The van der Waals surface area contributed by atoms with Crippen LogP contribution in [0.3, 0.4) is 0 Å². The Balaban J connectivity index is 1.85. The first-order valence-electron chi connectivity index (χ1n) is 8.01. The van der Waals surface area contributed by atoms with Crippen LogP contribution in [0, 0.1) is 19.8 Å². The Kier molecular flexibility index (Phi) is 3.96. The van der Waals surface area contributed by atoms with Crippen molar-refractivity contribution in [3.8, 4) is 0 Å². The lowest BCUT2D eigenvalue weighted by atomic mass is 9.92. The van der Waals surface area contributed by atoms with Gasteiger partial charge in [0.15, 0.2) is 5.76 Å². The molecule has 2 heterocycles. The van der Waals surface area contributed by atoms with Gasteiger partial charge in [-0.05, 0) is 68.9 Å². The summed E-state index contributed by atoms with van der Waals surface area (Å²) in [6.45, 7) is 7.66. The van der Waals surface area contributed by atoms with Gasteiger partial charge in [-0.3, -0.25) is 4.79 Å². The number of piperidine rings is 1. The van der Waals surface area contributed by atoms with Crippen LogP contribution in [0.4, 0.5) is 0 Å². The van der Waals surface area contributed by atoms with Crippen molar-refractivity contribution >= 4 is 16.9 Å². The fourth-order valence-electron chi connectivity index (χ4n) is 3.19. The van der Waals surface area contributed by atoms with Gasteiger partial charge >= 0.3 is 0 Å². The molecule has 2 N–H and O–H groups in total. The van der Waals surface area contributed by atoms with Crippen molar-refractivity contribution < 1.29 is 9.21 Å². The van der Waals surface area contributed by atoms with E-state index in [1.165, 1.54) is 11.1 Å². The van der Waals surface area contributed by atoms with Crippen LogP contribution in [-0.4, -0.2) is 29.9 Å². The number of rotatable bonds is 2. The summed E-state index contributed by atoms with van der Waals surface area (Å²) in [6, 6.07) is 6.06. The second-order valence-corrected chi connectivity index (χ2v) is 6.60. The van der Waals surface area contributed by atoms with E-state index < -0.39 is 0 Å². The van der Waals surface area contributed by atoms with Crippen molar-refractivity contribution in [3.05, 3.63) is 35.1 Å². The molecule has 1 aliphatic heterocycles. The van der Waals surface area contributed by atoms with Gasteiger partial charge in [-0.25, -0.2) is 0 Å². The fraction of sp³-hybridized carbons (Fsp3) is 0.500. The SMILES string of the molecule is Cc1cc2cc(C(=O)N3CCC[C@H]([C@@H](C)N)C3)oc2cc1C. The van der Waals surface area contributed by atoms with Crippen molar-refractivity contribution in [1.29, 1.82) is 0 Å². The lowest BCUT2D eigenvalue weighted by Gasteiger charge is -2.34. The molecule has 1 aromatic carbocycles. The minimum absolute atomic E-state index is 0.0168. The Morgan fingerprint density at radius 1 is 1.32 bits per heavy atom. The molecule has 0 spiro atoms. The molecule has 2 aromatic rings. The average molecular weight is 300 g/mol. The van der Waals surface area contributed by atoms with Crippen LogP contribution in [0.2, 0.25) is 0 Å². The van der Waals surface area contributed by atoms with Gasteiger partial charge in [0, 0.05) is 24.5 Å². The molecular formula is C18H24N2O2. The Bertz CT molecular complexity index is 663. The van der Waals surface area contributed by atoms with E-state index in [0.717, 1.165) is 36.9 Å². The standard InChI is InChI=1S/C18H24N2O2/c1-11-7-15-9-17(22-16(15)8-12(11)2)18(21)20-6-4-5-14(10-20)13(3)19/h7-9,13-14H,4-6,10,19H2,1-3H3/t13-,14+/m1/s1. The number of aryl methyl sites for hydroxylation is 2. The molecule has 1 aromatic heterocycles. The normalized spacial score (nSPS) is 20.4. The third-order valence-corrected chi connectivity index (χ3v) is 4.83. The molecule has 0 unspecified atom stereocenters. The number of carbonyl (C=O) groups is 1. The molecule has 2 atom stereocenters. The first-order valence-corrected chi connectivity index (χ1v) is 8.01. The van der Waals surface area contributed by atoms with Crippen LogP contribution in [0.15, 0.2) is 22.6 Å². The number of hydrogen-bond donors (Lipinski definition) is 1. The van der Waals surface area contributed by atoms with Gasteiger partial charge in [-0.15, -0.1) is 0 Å². The maximum atomic E-state index is 12.7. The van der Waals surface area contributed by atoms with E-state index >= 15 is 0 Å². The maximum Gasteiger partial charge on any atom is 0.289 e. The quantitative estimate of drug-likeness (QED) is 0.926.